The van der Waals surface area contributed by atoms with Gasteiger partial charge in [-0.2, -0.15) is 0 Å². The van der Waals surface area contributed by atoms with Crippen molar-refractivity contribution in [2.75, 3.05) is 0 Å². The van der Waals surface area contributed by atoms with Gasteiger partial charge in [-0.3, -0.25) is 0 Å². The second-order valence-electron chi connectivity index (χ2n) is 3.55. The molecule has 1 nitrogen and oxygen atoms in total. The second-order valence-corrected chi connectivity index (χ2v) is 4.40. The Hall–Kier alpha value is -1.31. The molecule has 0 fully saturated rings. The molecule has 77 valence electrons. The maximum atomic E-state index is 6.10. The molecule has 3 aromatic rings. The highest BCUT2D eigenvalue weighted by Gasteiger charge is 2.06. The quantitative estimate of drug-likeness (QED) is 0.533. The van der Waals surface area contributed by atoms with Crippen molar-refractivity contribution >= 4 is 44.9 Å². The van der Waals surface area contributed by atoms with Crippen LogP contribution in [-0.4, -0.2) is 4.98 Å². The standard InChI is InChI=1S/C13H6Cl2N/c14-9-5-11-10-4-2-1-3-8(10)7-16-13(11)12(15)6-9/h1-6H. The lowest BCUT2D eigenvalue weighted by Crippen LogP contribution is -1.83. The Morgan fingerprint density at radius 2 is 1.81 bits per heavy atom. The van der Waals surface area contributed by atoms with Gasteiger partial charge in [0.05, 0.1) is 16.7 Å². The number of hydrogen-bond donors (Lipinski definition) is 0. The van der Waals surface area contributed by atoms with E-state index in [2.05, 4.69) is 11.2 Å². The molecular weight excluding hydrogens is 241 g/mol. The third kappa shape index (κ3) is 1.44. The van der Waals surface area contributed by atoms with Gasteiger partial charge < -0.3 is 0 Å². The molecule has 0 N–H and O–H groups in total. The Morgan fingerprint density at radius 3 is 2.69 bits per heavy atom. The third-order valence-electron chi connectivity index (χ3n) is 2.53. The maximum absolute atomic E-state index is 6.10. The van der Waals surface area contributed by atoms with Crippen molar-refractivity contribution in [2.24, 2.45) is 0 Å². The van der Waals surface area contributed by atoms with E-state index >= 15 is 0 Å². The summed E-state index contributed by atoms with van der Waals surface area (Å²) in [5.41, 5.74) is 0.741. The Kier molecular flexibility index (Phi) is 2.23. The minimum absolute atomic E-state index is 0.560. The topological polar surface area (TPSA) is 12.9 Å². The van der Waals surface area contributed by atoms with Gasteiger partial charge in [-0.1, -0.05) is 47.5 Å². The van der Waals surface area contributed by atoms with E-state index in [1.165, 1.54) is 0 Å². The molecule has 0 bridgehead atoms. The van der Waals surface area contributed by atoms with E-state index in [0.29, 0.717) is 10.0 Å². The molecule has 3 rings (SSSR count). The maximum Gasteiger partial charge on any atom is 0.0979 e. The SMILES string of the molecule is Clc1cc(Cl)c2n[c]c3ccccc3c2c1. The molecule has 0 unspecified atom stereocenters. The summed E-state index contributed by atoms with van der Waals surface area (Å²) in [6.45, 7) is 0. The number of nitrogens with zero attached hydrogens (tertiary/aromatic N) is 1. The summed E-state index contributed by atoms with van der Waals surface area (Å²) in [7, 11) is 0. The summed E-state index contributed by atoms with van der Waals surface area (Å²) in [5.74, 6) is 0. The molecule has 0 aliphatic carbocycles. The lowest BCUT2D eigenvalue weighted by Gasteiger charge is -2.04. The van der Waals surface area contributed by atoms with Gasteiger partial charge in [-0.25, -0.2) is 4.98 Å². The van der Waals surface area contributed by atoms with Gasteiger partial charge in [0, 0.05) is 15.8 Å². The van der Waals surface area contributed by atoms with Crippen LogP contribution in [0.1, 0.15) is 0 Å². The number of fused-ring (bicyclic) bond motifs is 3. The molecule has 0 aliphatic rings. The summed E-state index contributed by atoms with van der Waals surface area (Å²) >= 11 is 12.1. The van der Waals surface area contributed by atoms with Gasteiger partial charge in [0.1, 0.15) is 0 Å². The zero-order valence-corrected chi connectivity index (χ0v) is 9.68. The van der Waals surface area contributed by atoms with Gasteiger partial charge in [0.25, 0.3) is 0 Å². The first kappa shape index (κ1) is 9.88. The number of halogens is 2. The lowest BCUT2D eigenvalue weighted by atomic mass is 10.1. The average Bonchev–Trinajstić information content (AvgIpc) is 2.28. The van der Waals surface area contributed by atoms with E-state index in [4.69, 9.17) is 23.2 Å². The van der Waals surface area contributed by atoms with Crippen LogP contribution in [0.25, 0.3) is 21.7 Å². The lowest BCUT2D eigenvalue weighted by molar-refractivity contribution is 1.43. The smallest absolute Gasteiger partial charge is 0.0979 e. The van der Waals surface area contributed by atoms with Crippen molar-refractivity contribution in [3.8, 4) is 0 Å². The number of aromatic nitrogens is 1. The Labute approximate surface area is 103 Å². The highest BCUT2D eigenvalue weighted by molar-refractivity contribution is 6.39. The molecule has 1 heterocycles. The molecular formula is C13H6Cl2N. The molecule has 0 atom stereocenters. The fourth-order valence-electron chi connectivity index (χ4n) is 1.82. The van der Waals surface area contributed by atoms with Crippen molar-refractivity contribution in [3.63, 3.8) is 0 Å². The van der Waals surface area contributed by atoms with Gasteiger partial charge in [0.15, 0.2) is 0 Å². The minimum Gasteiger partial charge on any atom is -0.244 e. The molecule has 0 spiro atoms. The molecule has 0 aliphatic heterocycles. The van der Waals surface area contributed by atoms with Crippen LogP contribution in [0, 0.1) is 6.20 Å². The Balaban J connectivity index is 2.59. The van der Waals surface area contributed by atoms with Crippen LogP contribution < -0.4 is 0 Å². The summed E-state index contributed by atoms with van der Waals surface area (Å²) in [6, 6.07) is 11.5. The fourth-order valence-corrected chi connectivity index (χ4v) is 2.35. The minimum atomic E-state index is 0.560. The highest BCUT2D eigenvalue weighted by Crippen LogP contribution is 2.30. The number of hydrogen-bond acceptors (Lipinski definition) is 1. The van der Waals surface area contributed by atoms with Gasteiger partial charge in [-0.15, -0.1) is 0 Å². The molecule has 3 heteroatoms. The zero-order valence-electron chi connectivity index (χ0n) is 8.17. The molecule has 0 saturated carbocycles. The first-order valence-corrected chi connectivity index (χ1v) is 5.56. The van der Waals surface area contributed by atoms with E-state index < -0.39 is 0 Å². The van der Waals surface area contributed by atoms with Crippen molar-refractivity contribution < 1.29 is 0 Å². The summed E-state index contributed by atoms with van der Waals surface area (Å²) in [4.78, 5) is 4.23. The predicted octanol–water partition coefficient (Wildman–Crippen LogP) is 4.49. The van der Waals surface area contributed by atoms with Crippen molar-refractivity contribution in [2.45, 2.75) is 0 Å². The van der Waals surface area contributed by atoms with E-state index in [0.717, 1.165) is 21.7 Å². The van der Waals surface area contributed by atoms with E-state index in [9.17, 15) is 0 Å². The second kappa shape index (κ2) is 3.62. The highest BCUT2D eigenvalue weighted by atomic mass is 35.5. The van der Waals surface area contributed by atoms with Gasteiger partial charge in [-0.05, 0) is 17.5 Å². The first-order chi connectivity index (χ1) is 7.75. The zero-order chi connectivity index (χ0) is 11.1. The van der Waals surface area contributed by atoms with Crippen LogP contribution in [0.2, 0.25) is 10.0 Å². The van der Waals surface area contributed by atoms with Crippen molar-refractivity contribution in [1.29, 1.82) is 0 Å². The van der Waals surface area contributed by atoms with Crippen LogP contribution in [0.5, 0.6) is 0 Å². The van der Waals surface area contributed by atoms with Crippen molar-refractivity contribution in [1.82, 2.24) is 4.98 Å². The summed E-state index contributed by atoms with van der Waals surface area (Å²) in [6.07, 6.45) is 2.98. The molecule has 16 heavy (non-hydrogen) atoms. The van der Waals surface area contributed by atoms with Crippen LogP contribution in [0.15, 0.2) is 36.4 Å². The van der Waals surface area contributed by atoms with E-state index in [1.807, 2.05) is 30.3 Å². The number of benzene rings is 2. The van der Waals surface area contributed by atoms with Gasteiger partial charge >= 0.3 is 0 Å². The molecule has 2 aromatic carbocycles. The van der Waals surface area contributed by atoms with E-state index in [1.54, 1.807) is 6.07 Å². The van der Waals surface area contributed by atoms with Crippen LogP contribution >= 0.6 is 23.2 Å². The van der Waals surface area contributed by atoms with Crippen molar-refractivity contribution in [3.05, 3.63) is 52.6 Å². The average molecular weight is 247 g/mol. The number of rotatable bonds is 0. The first-order valence-electron chi connectivity index (χ1n) is 4.81. The molecule has 1 aromatic heterocycles. The summed E-state index contributed by atoms with van der Waals surface area (Å²) < 4.78 is 0. The molecule has 1 radical (unpaired) electrons. The predicted molar refractivity (Wildman–Crippen MR) is 68.1 cm³/mol. The Morgan fingerprint density at radius 1 is 1.00 bits per heavy atom. The third-order valence-corrected chi connectivity index (χ3v) is 3.04. The largest absolute Gasteiger partial charge is 0.244 e. The molecule has 0 amide bonds. The molecule has 0 saturated heterocycles. The van der Waals surface area contributed by atoms with Crippen LogP contribution in [0.4, 0.5) is 0 Å². The van der Waals surface area contributed by atoms with Crippen LogP contribution in [0.3, 0.4) is 0 Å². The fraction of sp³-hybridized carbons (Fsp3) is 0. The monoisotopic (exact) mass is 246 g/mol. The normalized spacial score (nSPS) is 11.1. The van der Waals surface area contributed by atoms with E-state index in [-0.39, 0.29) is 0 Å². The number of pyridine rings is 1. The van der Waals surface area contributed by atoms with Gasteiger partial charge in [0.2, 0.25) is 0 Å². The van der Waals surface area contributed by atoms with Crippen LogP contribution in [-0.2, 0) is 0 Å². The summed E-state index contributed by atoms with van der Waals surface area (Å²) in [5, 5.41) is 4.18. The Bertz CT molecular complexity index is 692.